The molecular weight excluding hydrogens is 639 g/mol. The molecular formula is C37H36Cl2N2O2S2. The molecule has 4 aromatic rings. The maximum atomic E-state index is 6.38. The Morgan fingerprint density at radius 1 is 0.556 bits per heavy atom. The fourth-order valence-electron chi connectivity index (χ4n) is 5.32. The number of ether oxygens (including phenoxy) is 2. The summed E-state index contributed by atoms with van der Waals surface area (Å²) in [5, 5.41) is 1.43. The van der Waals surface area contributed by atoms with Crippen LogP contribution in [-0.4, -0.2) is 63.3 Å². The van der Waals surface area contributed by atoms with Crippen molar-refractivity contribution in [1.82, 2.24) is 9.80 Å². The Morgan fingerprint density at radius 2 is 1.00 bits per heavy atom. The Hall–Kier alpha value is -2.84. The molecule has 0 spiro atoms. The van der Waals surface area contributed by atoms with E-state index in [2.05, 4.69) is 96.7 Å². The van der Waals surface area contributed by atoms with Gasteiger partial charge in [0.2, 0.25) is 0 Å². The van der Waals surface area contributed by atoms with Gasteiger partial charge in [-0.05, 0) is 105 Å². The summed E-state index contributed by atoms with van der Waals surface area (Å²) in [4.78, 5) is 9.41. The van der Waals surface area contributed by atoms with Crippen LogP contribution in [0.5, 0.6) is 0 Å². The van der Waals surface area contributed by atoms with Gasteiger partial charge in [0.05, 0.1) is 0 Å². The first kappa shape index (κ1) is 32.1. The van der Waals surface area contributed by atoms with Gasteiger partial charge >= 0.3 is 0 Å². The molecule has 45 heavy (non-hydrogen) atoms. The molecule has 2 aliphatic heterocycles. The van der Waals surface area contributed by atoms with E-state index in [1.807, 2.05) is 24.3 Å². The minimum Gasteiger partial charge on any atom is -0.492 e. The van der Waals surface area contributed by atoms with Gasteiger partial charge in [-0.25, -0.2) is 0 Å². The van der Waals surface area contributed by atoms with Crippen molar-refractivity contribution in [2.45, 2.75) is 26.0 Å². The first-order valence-corrected chi connectivity index (χ1v) is 17.5. The highest BCUT2D eigenvalue weighted by atomic mass is 35.5. The van der Waals surface area contributed by atoms with Crippen LogP contribution in [0.2, 0.25) is 10.0 Å². The molecule has 8 heteroatoms. The second kappa shape index (κ2) is 15.2. The van der Waals surface area contributed by atoms with E-state index in [0.29, 0.717) is 23.3 Å². The average Bonchev–Trinajstić information content (AvgIpc) is 3.28. The fraction of sp³-hybridized carbons (Fsp3) is 0.243. The van der Waals surface area contributed by atoms with E-state index in [9.17, 15) is 0 Å². The normalized spacial score (nSPS) is 13.6. The molecule has 0 saturated carbocycles. The quantitative estimate of drug-likeness (QED) is 0.148. The third kappa shape index (κ3) is 8.31. The predicted molar refractivity (Wildman–Crippen MR) is 191 cm³/mol. The van der Waals surface area contributed by atoms with Crippen molar-refractivity contribution in [2.24, 2.45) is 0 Å². The summed E-state index contributed by atoms with van der Waals surface area (Å²) in [5.74, 6) is 1.74. The van der Waals surface area contributed by atoms with Crippen LogP contribution in [0.4, 0.5) is 0 Å². The zero-order chi connectivity index (χ0) is 31.2. The van der Waals surface area contributed by atoms with Crippen molar-refractivity contribution in [3.63, 3.8) is 0 Å². The van der Waals surface area contributed by atoms with Crippen molar-refractivity contribution < 1.29 is 9.47 Å². The summed E-state index contributed by atoms with van der Waals surface area (Å²) in [6.45, 7) is 4.86. The molecule has 0 amide bonds. The third-order valence-corrected chi connectivity index (χ3v) is 10.6. The van der Waals surface area contributed by atoms with Crippen LogP contribution < -0.4 is 0 Å². The number of fused-ring (bicyclic) bond motifs is 4. The topological polar surface area (TPSA) is 24.9 Å². The summed E-state index contributed by atoms with van der Waals surface area (Å²) < 4.78 is 12.8. The largest absolute Gasteiger partial charge is 0.492 e. The Kier molecular flexibility index (Phi) is 10.8. The molecule has 0 atom stereocenters. The molecule has 0 saturated heterocycles. The van der Waals surface area contributed by atoms with Crippen LogP contribution in [0, 0.1) is 0 Å². The van der Waals surface area contributed by atoms with Crippen molar-refractivity contribution in [2.75, 3.05) is 53.5 Å². The number of hydrogen-bond acceptors (Lipinski definition) is 6. The second-order valence-corrected chi connectivity index (χ2v) is 14.3. The molecule has 0 unspecified atom stereocenters. The van der Waals surface area contributed by atoms with E-state index >= 15 is 0 Å². The number of halogens is 2. The molecule has 4 aromatic carbocycles. The van der Waals surface area contributed by atoms with Crippen LogP contribution in [0.1, 0.15) is 28.7 Å². The monoisotopic (exact) mass is 674 g/mol. The van der Waals surface area contributed by atoms with E-state index < -0.39 is 0 Å². The SMILES string of the molecule is CN(CCCN(C)CCOC1=Cc2ccccc2Sc2ccc(Cl)cc21)CCOC1=Cc2ccccc2Sc2ccc(Cl)cc21. The number of nitrogens with zero attached hydrogens (tertiary/aromatic N) is 2. The smallest absolute Gasteiger partial charge is 0.128 e. The van der Waals surface area contributed by atoms with Gasteiger partial charge in [-0.2, -0.15) is 0 Å². The van der Waals surface area contributed by atoms with Gasteiger partial charge in [0.15, 0.2) is 0 Å². The summed E-state index contributed by atoms with van der Waals surface area (Å²) in [6.07, 6.45) is 5.33. The Balaban J connectivity index is 0.965. The lowest BCUT2D eigenvalue weighted by Gasteiger charge is -2.21. The van der Waals surface area contributed by atoms with Crippen molar-refractivity contribution >= 4 is 70.4 Å². The lowest BCUT2D eigenvalue weighted by atomic mass is 10.1. The number of benzene rings is 4. The Labute approximate surface area is 285 Å². The van der Waals surface area contributed by atoms with E-state index in [-0.39, 0.29) is 0 Å². The van der Waals surface area contributed by atoms with Crippen LogP contribution in [0.25, 0.3) is 23.7 Å². The highest BCUT2D eigenvalue weighted by molar-refractivity contribution is 7.99. The van der Waals surface area contributed by atoms with E-state index in [1.54, 1.807) is 23.5 Å². The maximum Gasteiger partial charge on any atom is 0.128 e. The standard InChI is InChI=1S/C37H36Cl2N2O2S2/c1-40(18-20-42-32-22-26-8-3-5-10-34(26)44-36-14-12-28(38)24-30(32)36)16-7-17-41(2)19-21-43-33-23-27-9-4-6-11-35(27)45-37-15-13-29(39)25-31(33)37/h3-6,8-15,22-25H,7,16-21H2,1-2H3. The zero-order valence-electron chi connectivity index (χ0n) is 25.5. The van der Waals surface area contributed by atoms with Gasteiger partial charge in [-0.15, -0.1) is 0 Å². The number of likely N-dealkylation sites (N-methyl/N-ethyl adjacent to an activating group) is 2. The number of rotatable bonds is 12. The molecule has 0 N–H and O–H groups in total. The Morgan fingerprint density at radius 3 is 1.47 bits per heavy atom. The van der Waals surface area contributed by atoms with Gasteiger partial charge in [-0.1, -0.05) is 83.1 Å². The minimum absolute atomic E-state index is 0.604. The first-order valence-electron chi connectivity index (χ1n) is 15.1. The molecule has 2 heterocycles. The summed E-state index contributed by atoms with van der Waals surface area (Å²) in [5.41, 5.74) is 4.42. The van der Waals surface area contributed by atoms with Crippen molar-refractivity contribution in [1.29, 1.82) is 0 Å². The lowest BCUT2D eigenvalue weighted by Crippen LogP contribution is -2.29. The van der Waals surface area contributed by atoms with Crippen LogP contribution >= 0.6 is 46.7 Å². The minimum atomic E-state index is 0.604. The molecule has 0 fully saturated rings. The third-order valence-electron chi connectivity index (χ3n) is 7.81. The molecule has 6 rings (SSSR count). The van der Waals surface area contributed by atoms with Gasteiger partial charge in [0.25, 0.3) is 0 Å². The fourth-order valence-corrected chi connectivity index (χ4v) is 7.74. The van der Waals surface area contributed by atoms with Crippen molar-refractivity contribution in [3.05, 3.63) is 117 Å². The highest BCUT2D eigenvalue weighted by Gasteiger charge is 2.19. The van der Waals surface area contributed by atoms with E-state index in [4.69, 9.17) is 32.7 Å². The average molecular weight is 676 g/mol. The summed E-state index contributed by atoms with van der Waals surface area (Å²) in [7, 11) is 4.31. The molecule has 2 aliphatic rings. The highest BCUT2D eigenvalue weighted by Crippen LogP contribution is 2.43. The first-order chi connectivity index (χ1) is 21.9. The lowest BCUT2D eigenvalue weighted by molar-refractivity contribution is 0.193. The van der Waals surface area contributed by atoms with Gasteiger partial charge in [-0.3, -0.25) is 0 Å². The van der Waals surface area contributed by atoms with Crippen molar-refractivity contribution in [3.8, 4) is 0 Å². The van der Waals surface area contributed by atoms with Crippen LogP contribution in [0.3, 0.4) is 0 Å². The molecule has 0 radical (unpaired) electrons. The zero-order valence-corrected chi connectivity index (χ0v) is 28.6. The van der Waals surface area contributed by atoms with E-state index in [1.165, 1.54) is 9.79 Å². The van der Waals surface area contributed by atoms with Gasteiger partial charge < -0.3 is 19.3 Å². The second-order valence-electron chi connectivity index (χ2n) is 11.2. The van der Waals surface area contributed by atoms with E-state index in [0.717, 1.165) is 76.2 Å². The van der Waals surface area contributed by atoms with Crippen LogP contribution in [0.15, 0.2) is 105 Å². The predicted octanol–water partition coefficient (Wildman–Crippen LogP) is 9.91. The summed E-state index contributed by atoms with van der Waals surface area (Å²) in [6, 6.07) is 28.9. The summed E-state index contributed by atoms with van der Waals surface area (Å²) >= 11 is 16.3. The molecule has 0 aliphatic carbocycles. The molecule has 4 nitrogen and oxygen atoms in total. The van der Waals surface area contributed by atoms with Crippen LogP contribution in [-0.2, 0) is 9.47 Å². The molecule has 0 aromatic heterocycles. The molecule has 0 bridgehead atoms. The van der Waals surface area contributed by atoms with Gasteiger partial charge in [0, 0.05) is 53.8 Å². The Bertz CT molecular complexity index is 1600. The maximum absolute atomic E-state index is 6.38. The van der Waals surface area contributed by atoms with Gasteiger partial charge in [0.1, 0.15) is 24.7 Å². The number of hydrogen-bond donors (Lipinski definition) is 0. The molecule has 232 valence electrons.